The Balaban J connectivity index is 0.00000256. The van der Waals surface area contributed by atoms with Crippen LogP contribution in [-0.4, -0.2) is 20.4 Å². The molecule has 0 aliphatic heterocycles. The van der Waals surface area contributed by atoms with Gasteiger partial charge in [-0.1, -0.05) is 42.5 Å². The molecule has 0 fully saturated rings. The number of benzene rings is 2. The van der Waals surface area contributed by atoms with Crippen LogP contribution in [0.4, 0.5) is 0 Å². The van der Waals surface area contributed by atoms with Gasteiger partial charge >= 0.3 is 0 Å². The number of rotatable bonds is 6. The first kappa shape index (κ1) is 21.3. The molecule has 4 aromatic rings. The smallest absolute Gasteiger partial charge is 0.268 e. The van der Waals surface area contributed by atoms with E-state index in [1.54, 1.807) is 0 Å². The Bertz CT molecular complexity index is 1180. The predicted molar refractivity (Wildman–Crippen MR) is 118 cm³/mol. The van der Waals surface area contributed by atoms with E-state index in [0.717, 1.165) is 11.1 Å². The number of aromatic amines is 4. The topological polar surface area (TPSA) is 107 Å². The summed E-state index contributed by atoms with van der Waals surface area (Å²) in [6.45, 7) is 4.06. The van der Waals surface area contributed by atoms with Crippen molar-refractivity contribution in [2.24, 2.45) is 0 Å². The molecule has 0 radical (unpaired) electrons. The maximum Gasteiger partial charge on any atom is 0.268 e. The van der Waals surface area contributed by atoms with Gasteiger partial charge in [-0.3, -0.25) is 19.8 Å². The van der Waals surface area contributed by atoms with E-state index in [1.807, 2.05) is 68.4 Å². The van der Waals surface area contributed by atoms with E-state index >= 15 is 0 Å². The number of hydrogen-bond donors (Lipinski definition) is 4. The molecule has 0 atom stereocenters. The molecule has 0 aliphatic carbocycles. The number of nitrogens with one attached hydrogen (secondary N) is 4. The first-order valence-electron chi connectivity index (χ1n) is 9.35. The third kappa shape index (κ3) is 4.11. The number of H-pyrrole nitrogens is 4. The Morgan fingerprint density at radius 2 is 1.40 bits per heavy atom. The number of aryl methyl sites for hydroxylation is 2. The van der Waals surface area contributed by atoms with Crippen LogP contribution in [0.1, 0.15) is 39.6 Å². The third-order valence-corrected chi connectivity index (χ3v) is 5.04. The van der Waals surface area contributed by atoms with Crippen LogP contribution in [0.15, 0.2) is 64.2 Å². The fourth-order valence-corrected chi connectivity index (χ4v) is 3.61. The van der Waals surface area contributed by atoms with Crippen LogP contribution in [0.3, 0.4) is 0 Å². The van der Waals surface area contributed by atoms with Gasteiger partial charge in [-0.25, -0.2) is 0 Å². The molecule has 0 spiro atoms. The van der Waals surface area contributed by atoms with Gasteiger partial charge in [-0.05, 0) is 37.1 Å². The Labute approximate surface area is 178 Å². The fraction of sp³-hybridized carbons (Fsp3) is 0.182. The molecule has 0 amide bonds. The van der Waals surface area contributed by atoms with E-state index in [0.29, 0.717) is 34.9 Å². The summed E-state index contributed by atoms with van der Waals surface area (Å²) in [6, 6.07) is 17.4. The second-order valence-electron chi connectivity index (χ2n) is 7.02. The van der Waals surface area contributed by atoms with Crippen LogP contribution in [0.2, 0.25) is 0 Å². The van der Waals surface area contributed by atoms with Gasteiger partial charge in [0.2, 0.25) is 0 Å². The molecule has 0 bridgehead atoms. The van der Waals surface area contributed by atoms with Crippen LogP contribution < -0.4 is 15.9 Å². The number of aromatic nitrogens is 4. The Morgan fingerprint density at radius 3 is 1.93 bits per heavy atom. The lowest BCUT2D eigenvalue weighted by molar-refractivity contribution is 0.306. The molecule has 30 heavy (non-hydrogen) atoms. The molecule has 0 saturated heterocycles. The van der Waals surface area contributed by atoms with Crippen molar-refractivity contribution in [3.05, 3.63) is 109 Å². The van der Waals surface area contributed by atoms with Crippen LogP contribution in [0.25, 0.3) is 0 Å². The van der Waals surface area contributed by atoms with E-state index in [4.69, 9.17) is 4.74 Å². The lowest BCUT2D eigenvalue weighted by atomic mass is 9.85. The lowest BCUT2D eigenvalue weighted by Crippen LogP contribution is -2.20. The molecule has 2 aromatic carbocycles. The zero-order valence-electron chi connectivity index (χ0n) is 16.6. The summed E-state index contributed by atoms with van der Waals surface area (Å²) in [6.07, 6.45) is 0. The van der Waals surface area contributed by atoms with Crippen molar-refractivity contribution in [1.29, 1.82) is 0 Å². The summed E-state index contributed by atoms with van der Waals surface area (Å²) in [5, 5.41) is 10.9. The molecule has 156 valence electrons. The monoisotopic (exact) mass is 426 g/mol. The highest BCUT2D eigenvalue weighted by atomic mass is 35.5. The third-order valence-electron chi connectivity index (χ3n) is 5.04. The van der Waals surface area contributed by atoms with Gasteiger partial charge in [0.05, 0.1) is 11.1 Å². The molecule has 0 saturated carbocycles. The molecular formula is C22H23ClN4O3. The maximum absolute atomic E-state index is 12.5. The molecule has 8 heteroatoms. The first-order valence-corrected chi connectivity index (χ1v) is 9.35. The molecule has 0 aliphatic rings. The molecule has 0 unspecified atom stereocenters. The standard InChI is InChI=1S/C22H22N4O3.ClH/c1-13-18(21(27)25-23-13)20(19-14(2)24-26-22(19)28)16-9-6-10-17(11-16)29-12-15-7-4-3-5-8-15;/h3-11,20H,12H2,1-2H3,(H2,23,25,27)(H2,24,26,28);1H. The lowest BCUT2D eigenvalue weighted by Gasteiger charge is -2.17. The minimum Gasteiger partial charge on any atom is -0.489 e. The van der Waals surface area contributed by atoms with Crippen LogP contribution in [-0.2, 0) is 6.61 Å². The van der Waals surface area contributed by atoms with E-state index in [-0.39, 0.29) is 23.5 Å². The summed E-state index contributed by atoms with van der Waals surface area (Å²) in [4.78, 5) is 25.1. The molecule has 4 rings (SSSR count). The SMILES string of the molecule is Cc1[nH][nH]c(=O)c1C(c1cccc(OCc2ccccc2)c1)c1c(C)[nH][nH]c1=O.Cl. The van der Waals surface area contributed by atoms with E-state index in [2.05, 4.69) is 20.4 Å². The van der Waals surface area contributed by atoms with Gasteiger partial charge in [0.1, 0.15) is 12.4 Å². The van der Waals surface area contributed by atoms with Gasteiger partial charge in [-0.15, -0.1) is 12.4 Å². The summed E-state index contributed by atoms with van der Waals surface area (Å²) in [5.41, 5.74) is 3.77. The normalized spacial score (nSPS) is 10.8. The highest BCUT2D eigenvalue weighted by molar-refractivity contribution is 5.85. The summed E-state index contributed by atoms with van der Waals surface area (Å²) in [5.74, 6) is 0.144. The molecule has 4 N–H and O–H groups in total. The van der Waals surface area contributed by atoms with Crippen molar-refractivity contribution >= 4 is 12.4 Å². The number of ether oxygens (including phenoxy) is 1. The Hall–Kier alpha value is -3.45. The van der Waals surface area contributed by atoms with Crippen LogP contribution >= 0.6 is 12.4 Å². The zero-order chi connectivity index (χ0) is 20.4. The molecule has 2 heterocycles. The number of hydrogen-bond acceptors (Lipinski definition) is 3. The summed E-state index contributed by atoms with van der Waals surface area (Å²) < 4.78 is 5.95. The fourth-order valence-electron chi connectivity index (χ4n) is 3.61. The molecule has 7 nitrogen and oxygen atoms in total. The Morgan fingerprint density at radius 1 is 0.800 bits per heavy atom. The second kappa shape index (κ2) is 8.92. The Kier molecular flexibility index (Phi) is 6.32. The summed E-state index contributed by atoms with van der Waals surface area (Å²) >= 11 is 0. The average Bonchev–Trinajstić information content (AvgIpc) is 3.24. The minimum absolute atomic E-state index is 0. The molecular weight excluding hydrogens is 404 g/mol. The highest BCUT2D eigenvalue weighted by Crippen LogP contribution is 2.32. The van der Waals surface area contributed by atoms with Gasteiger partial charge in [0.25, 0.3) is 11.1 Å². The van der Waals surface area contributed by atoms with Gasteiger partial charge in [0.15, 0.2) is 0 Å². The predicted octanol–water partition coefficient (Wildman–Crippen LogP) is 3.52. The maximum atomic E-state index is 12.5. The van der Waals surface area contributed by atoms with E-state index in [1.165, 1.54) is 0 Å². The van der Waals surface area contributed by atoms with Crippen LogP contribution in [0.5, 0.6) is 5.75 Å². The van der Waals surface area contributed by atoms with Crippen molar-refractivity contribution in [2.75, 3.05) is 0 Å². The van der Waals surface area contributed by atoms with Crippen molar-refractivity contribution in [3.8, 4) is 5.75 Å². The molecule has 2 aromatic heterocycles. The van der Waals surface area contributed by atoms with Crippen molar-refractivity contribution in [1.82, 2.24) is 20.4 Å². The first-order chi connectivity index (χ1) is 14.0. The van der Waals surface area contributed by atoms with Gasteiger partial charge in [-0.2, -0.15) is 0 Å². The number of halogens is 1. The second-order valence-corrected chi connectivity index (χ2v) is 7.02. The largest absolute Gasteiger partial charge is 0.489 e. The van der Waals surface area contributed by atoms with E-state index < -0.39 is 5.92 Å². The van der Waals surface area contributed by atoms with Gasteiger partial charge in [0, 0.05) is 17.3 Å². The quantitative estimate of drug-likeness (QED) is 0.379. The summed E-state index contributed by atoms with van der Waals surface area (Å²) in [7, 11) is 0. The van der Waals surface area contributed by atoms with Crippen molar-refractivity contribution in [3.63, 3.8) is 0 Å². The highest BCUT2D eigenvalue weighted by Gasteiger charge is 2.28. The van der Waals surface area contributed by atoms with Gasteiger partial charge < -0.3 is 14.9 Å². The van der Waals surface area contributed by atoms with E-state index in [9.17, 15) is 9.59 Å². The van der Waals surface area contributed by atoms with Crippen molar-refractivity contribution in [2.45, 2.75) is 26.4 Å². The minimum atomic E-state index is -0.528. The van der Waals surface area contributed by atoms with Crippen molar-refractivity contribution < 1.29 is 4.74 Å². The van der Waals surface area contributed by atoms with Crippen LogP contribution in [0, 0.1) is 13.8 Å². The average molecular weight is 427 g/mol. The zero-order valence-corrected chi connectivity index (χ0v) is 17.4.